The lowest BCUT2D eigenvalue weighted by Gasteiger charge is -2.43. The summed E-state index contributed by atoms with van der Waals surface area (Å²) in [6.45, 7) is 4.02. The summed E-state index contributed by atoms with van der Waals surface area (Å²) < 4.78 is 0. The van der Waals surface area contributed by atoms with Crippen LogP contribution >= 0.6 is 0 Å². The summed E-state index contributed by atoms with van der Waals surface area (Å²) in [6, 6.07) is -0.547. The number of amides is 4. The maximum atomic E-state index is 12.1. The Kier molecular flexibility index (Phi) is 3.17. The number of barbiturate groups is 1. The van der Waals surface area contributed by atoms with E-state index in [0.29, 0.717) is 12.3 Å². The van der Waals surface area contributed by atoms with Crippen molar-refractivity contribution in [2.75, 3.05) is 0 Å². The Morgan fingerprint density at radius 2 is 1.94 bits per heavy atom. The van der Waals surface area contributed by atoms with Gasteiger partial charge in [0.2, 0.25) is 11.8 Å². The van der Waals surface area contributed by atoms with Gasteiger partial charge >= 0.3 is 6.03 Å². The second-order valence-electron chi connectivity index (χ2n) is 5.07. The van der Waals surface area contributed by atoms with Crippen LogP contribution in [0.15, 0.2) is 0 Å². The second-order valence-corrected chi connectivity index (χ2v) is 5.07. The van der Waals surface area contributed by atoms with Gasteiger partial charge in [-0.05, 0) is 25.2 Å². The minimum atomic E-state index is -0.673. The summed E-state index contributed by atoms with van der Waals surface area (Å²) in [7, 11) is 0. The predicted molar refractivity (Wildman–Crippen MR) is 61.0 cm³/mol. The number of imide groups is 2. The van der Waals surface area contributed by atoms with E-state index in [2.05, 4.69) is 12.2 Å². The predicted octanol–water partition coefficient (Wildman–Crippen LogP) is 1.28. The van der Waals surface area contributed by atoms with Crippen molar-refractivity contribution >= 4 is 17.8 Å². The van der Waals surface area contributed by atoms with Crippen LogP contribution in [0.25, 0.3) is 0 Å². The Balaban J connectivity index is 2.12. The Hall–Kier alpha value is -1.39. The van der Waals surface area contributed by atoms with Crippen LogP contribution in [0.1, 0.15) is 39.5 Å². The molecular weight excluding hydrogens is 220 g/mol. The highest BCUT2D eigenvalue weighted by molar-refractivity contribution is 6.16. The molecular formula is C12H18N2O3. The molecule has 5 heteroatoms. The molecule has 1 aliphatic carbocycles. The normalized spacial score (nSPS) is 33.4. The third-order valence-corrected chi connectivity index (χ3v) is 3.59. The molecule has 1 N–H and O–H groups in total. The zero-order valence-electron chi connectivity index (χ0n) is 10.2. The first-order valence-corrected chi connectivity index (χ1v) is 6.22. The van der Waals surface area contributed by atoms with E-state index >= 15 is 0 Å². The molecule has 0 aromatic rings. The van der Waals surface area contributed by atoms with E-state index in [9.17, 15) is 14.4 Å². The van der Waals surface area contributed by atoms with Crippen molar-refractivity contribution in [3.63, 3.8) is 0 Å². The molecule has 1 saturated carbocycles. The van der Waals surface area contributed by atoms with Gasteiger partial charge in [-0.1, -0.05) is 20.3 Å². The van der Waals surface area contributed by atoms with Gasteiger partial charge in [-0.3, -0.25) is 19.8 Å². The molecule has 1 saturated heterocycles. The van der Waals surface area contributed by atoms with Crippen LogP contribution in [0.3, 0.4) is 0 Å². The van der Waals surface area contributed by atoms with Crippen LogP contribution in [-0.4, -0.2) is 28.8 Å². The molecule has 94 valence electrons. The standard InChI is InChI=1S/C12H18N2O3/c1-3-4-9-10(15)13-12(17)14(11(9)16)8-5-7(2)6-8/h7-9H,3-6H2,1-2H3,(H,13,15,17). The summed E-state index contributed by atoms with van der Waals surface area (Å²) >= 11 is 0. The van der Waals surface area contributed by atoms with E-state index < -0.39 is 17.9 Å². The van der Waals surface area contributed by atoms with Crippen molar-refractivity contribution in [2.24, 2.45) is 11.8 Å². The van der Waals surface area contributed by atoms with Gasteiger partial charge in [-0.25, -0.2) is 4.79 Å². The van der Waals surface area contributed by atoms with Crippen molar-refractivity contribution in [3.8, 4) is 0 Å². The van der Waals surface area contributed by atoms with E-state index in [-0.39, 0.29) is 11.9 Å². The van der Waals surface area contributed by atoms with Gasteiger partial charge in [0.1, 0.15) is 5.92 Å². The first-order valence-electron chi connectivity index (χ1n) is 6.22. The molecule has 0 spiro atoms. The largest absolute Gasteiger partial charge is 0.331 e. The maximum absolute atomic E-state index is 12.1. The molecule has 2 fully saturated rings. The highest BCUT2D eigenvalue weighted by Gasteiger charge is 2.45. The maximum Gasteiger partial charge on any atom is 0.331 e. The lowest BCUT2D eigenvalue weighted by atomic mass is 9.80. The van der Waals surface area contributed by atoms with E-state index in [1.807, 2.05) is 6.92 Å². The van der Waals surface area contributed by atoms with Crippen molar-refractivity contribution in [1.82, 2.24) is 10.2 Å². The average molecular weight is 238 g/mol. The van der Waals surface area contributed by atoms with Crippen LogP contribution in [-0.2, 0) is 9.59 Å². The number of carbonyl (C=O) groups is 3. The number of nitrogens with one attached hydrogen (secondary N) is 1. The van der Waals surface area contributed by atoms with Gasteiger partial charge in [0.15, 0.2) is 0 Å². The molecule has 1 aliphatic heterocycles. The Morgan fingerprint density at radius 1 is 1.29 bits per heavy atom. The van der Waals surface area contributed by atoms with Gasteiger partial charge < -0.3 is 0 Å². The van der Waals surface area contributed by atoms with Crippen molar-refractivity contribution < 1.29 is 14.4 Å². The third-order valence-electron chi connectivity index (χ3n) is 3.59. The summed E-state index contributed by atoms with van der Waals surface area (Å²) in [4.78, 5) is 36.6. The lowest BCUT2D eigenvalue weighted by molar-refractivity contribution is -0.146. The van der Waals surface area contributed by atoms with Gasteiger partial charge in [0.05, 0.1) is 0 Å². The molecule has 0 bridgehead atoms. The highest BCUT2D eigenvalue weighted by atomic mass is 16.2. The van der Waals surface area contributed by atoms with Crippen LogP contribution in [0.5, 0.6) is 0 Å². The average Bonchev–Trinajstić information content (AvgIpc) is 2.21. The van der Waals surface area contributed by atoms with Crippen LogP contribution in [0.4, 0.5) is 4.79 Å². The fraction of sp³-hybridized carbons (Fsp3) is 0.750. The van der Waals surface area contributed by atoms with E-state index in [4.69, 9.17) is 0 Å². The minimum absolute atomic E-state index is 0.00930. The molecule has 2 rings (SSSR count). The fourth-order valence-corrected chi connectivity index (χ4v) is 2.59. The number of urea groups is 1. The van der Waals surface area contributed by atoms with Crippen LogP contribution in [0.2, 0.25) is 0 Å². The highest BCUT2D eigenvalue weighted by Crippen LogP contribution is 2.33. The number of hydrogen-bond acceptors (Lipinski definition) is 3. The summed E-state index contributed by atoms with van der Waals surface area (Å²) in [6.07, 6.45) is 2.97. The van der Waals surface area contributed by atoms with Crippen LogP contribution in [0, 0.1) is 11.8 Å². The molecule has 0 aromatic carbocycles. The SMILES string of the molecule is CCCC1C(=O)NC(=O)N(C2CC(C)C2)C1=O. The Labute approximate surface area is 101 Å². The Morgan fingerprint density at radius 3 is 2.47 bits per heavy atom. The van der Waals surface area contributed by atoms with Crippen molar-refractivity contribution in [1.29, 1.82) is 0 Å². The van der Waals surface area contributed by atoms with E-state index in [0.717, 1.165) is 19.3 Å². The van der Waals surface area contributed by atoms with Crippen LogP contribution < -0.4 is 5.32 Å². The molecule has 17 heavy (non-hydrogen) atoms. The second kappa shape index (κ2) is 4.47. The molecule has 0 radical (unpaired) electrons. The molecule has 0 aromatic heterocycles. The van der Waals surface area contributed by atoms with E-state index in [1.54, 1.807) is 0 Å². The Bertz CT molecular complexity index is 361. The summed E-state index contributed by atoms with van der Waals surface area (Å²) in [5, 5.41) is 2.29. The molecule has 1 atom stereocenters. The number of rotatable bonds is 3. The minimum Gasteiger partial charge on any atom is -0.277 e. The quantitative estimate of drug-likeness (QED) is 0.753. The zero-order valence-corrected chi connectivity index (χ0v) is 10.2. The lowest BCUT2D eigenvalue weighted by Crippen LogP contribution is -2.63. The van der Waals surface area contributed by atoms with Gasteiger partial charge in [-0.15, -0.1) is 0 Å². The fourth-order valence-electron chi connectivity index (χ4n) is 2.59. The van der Waals surface area contributed by atoms with Gasteiger partial charge in [0.25, 0.3) is 0 Å². The summed E-state index contributed by atoms with van der Waals surface area (Å²) in [5.41, 5.74) is 0. The molecule has 1 unspecified atom stereocenters. The van der Waals surface area contributed by atoms with Gasteiger partial charge in [-0.2, -0.15) is 0 Å². The first kappa shape index (κ1) is 12.1. The van der Waals surface area contributed by atoms with Crippen molar-refractivity contribution in [3.05, 3.63) is 0 Å². The third kappa shape index (κ3) is 2.06. The monoisotopic (exact) mass is 238 g/mol. The smallest absolute Gasteiger partial charge is 0.277 e. The number of carbonyl (C=O) groups excluding carboxylic acids is 3. The van der Waals surface area contributed by atoms with Gasteiger partial charge in [0, 0.05) is 6.04 Å². The first-order chi connectivity index (χ1) is 8.04. The summed E-state index contributed by atoms with van der Waals surface area (Å²) in [5.74, 6) is -0.862. The van der Waals surface area contributed by atoms with Crippen molar-refractivity contribution in [2.45, 2.75) is 45.6 Å². The number of hydrogen-bond donors (Lipinski definition) is 1. The molecule has 4 amide bonds. The zero-order chi connectivity index (χ0) is 12.6. The molecule has 1 heterocycles. The van der Waals surface area contributed by atoms with E-state index in [1.165, 1.54) is 4.90 Å². The topological polar surface area (TPSA) is 66.5 Å². The number of nitrogens with zero attached hydrogens (tertiary/aromatic N) is 1. The molecule has 2 aliphatic rings. The molecule has 5 nitrogen and oxygen atoms in total.